The highest BCUT2D eigenvalue weighted by atomic mass is 16.6. The summed E-state index contributed by atoms with van der Waals surface area (Å²) >= 11 is 0. The molecule has 0 saturated carbocycles. The Morgan fingerprint density at radius 1 is 1.32 bits per heavy atom. The van der Waals surface area contributed by atoms with Gasteiger partial charge in [-0.2, -0.15) is 5.26 Å². The van der Waals surface area contributed by atoms with Crippen LogP contribution >= 0.6 is 0 Å². The molecule has 0 N–H and O–H groups in total. The maximum absolute atomic E-state index is 12.0. The van der Waals surface area contributed by atoms with Crippen LogP contribution in [0.25, 0.3) is 5.57 Å². The molecule has 1 aliphatic heterocycles. The Balaban J connectivity index is 1.92. The molecule has 4 nitrogen and oxygen atoms in total. The highest BCUT2D eigenvalue weighted by Crippen LogP contribution is 2.22. The Hall–Kier alpha value is -2.28. The Morgan fingerprint density at radius 2 is 2.09 bits per heavy atom. The monoisotopic (exact) mass is 298 g/mol. The van der Waals surface area contributed by atoms with E-state index in [0.717, 1.165) is 31.2 Å². The zero-order chi connectivity index (χ0) is 15.8. The fraction of sp³-hybridized carbons (Fsp3) is 0.444. The van der Waals surface area contributed by atoms with E-state index >= 15 is 0 Å². The average molecular weight is 298 g/mol. The van der Waals surface area contributed by atoms with E-state index in [1.165, 1.54) is 5.57 Å². The number of hydrogen-bond acceptors (Lipinski definition) is 3. The topological polar surface area (TPSA) is 53.3 Å². The van der Waals surface area contributed by atoms with Gasteiger partial charge in [0.05, 0.1) is 18.2 Å². The van der Waals surface area contributed by atoms with Crippen LogP contribution in [0.1, 0.15) is 43.7 Å². The number of rotatable bonds is 4. The van der Waals surface area contributed by atoms with E-state index in [0.29, 0.717) is 25.3 Å². The second-order valence-electron chi connectivity index (χ2n) is 5.41. The molecule has 0 fully saturated rings. The van der Waals surface area contributed by atoms with Gasteiger partial charge in [0.25, 0.3) is 0 Å². The summed E-state index contributed by atoms with van der Waals surface area (Å²) in [4.78, 5) is 13.8. The van der Waals surface area contributed by atoms with E-state index in [4.69, 9.17) is 10.00 Å². The number of nitriles is 1. The van der Waals surface area contributed by atoms with Gasteiger partial charge in [-0.1, -0.05) is 31.6 Å². The van der Waals surface area contributed by atoms with Crippen molar-refractivity contribution < 1.29 is 9.53 Å². The van der Waals surface area contributed by atoms with Crippen molar-refractivity contribution in [1.29, 1.82) is 5.26 Å². The van der Waals surface area contributed by atoms with Crippen molar-refractivity contribution in [1.82, 2.24) is 4.90 Å². The molecule has 0 aliphatic carbocycles. The Morgan fingerprint density at radius 3 is 2.77 bits per heavy atom. The van der Waals surface area contributed by atoms with Crippen LogP contribution in [0.2, 0.25) is 0 Å². The summed E-state index contributed by atoms with van der Waals surface area (Å²) in [5.74, 6) is 0. The number of carbonyl (C=O) groups excluding carboxylic acids is 1. The second kappa shape index (κ2) is 8.23. The van der Waals surface area contributed by atoms with Gasteiger partial charge in [-0.15, -0.1) is 0 Å². The highest BCUT2D eigenvalue weighted by Gasteiger charge is 2.17. The molecular weight excluding hydrogens is 276 g/mol. The van der Waals surface area contributed by atoms with Crippen molar-refractivity contribution in [2.75, 3.05) is 19.7 Å². The summed E-state index contributed by atoms with van der Waals surface area (Å²) in [6.45, 7) is 3.96. The van der Waals surface area contributed by atoms with Crippen molar-refractivity contribution in [3.8, 4) is 6.07 Å². The lowest BCUT2D eigenvalue weighted by Gasteiger charge is -2.20. The van der Waals surface area contributed by atoms with Gasteiger partial charge in [-0.05, 0) is 42.5 Å². The average Bonchev–Trinajstić information content (AvgIpc) is 2.81. The molecule has 1 aromatic carbocycles. The fourth-order valence-electron chi connectivity index (χ4n) is 2.46. The lowest BCUT2D eigenvalue weighted by Crippen LogP contribution is -2.32. The Kier molecular flexibility index (Phi) is 6.02. The zero-order valence-corrected chi connectivity index (χ0v) is 13.0. The maximum Gasteiger partial charge on any atom is 0.409 e. The first-order valence-electron chi connectivity index (χ1n) is 7.86. The van der Waals surface area contributed by atoms with Crippen molar-refractivity contribution in [2.45, 2.75) is 32.6 Å². The number of carbonyl (C=O) groups is 1. The minimum Gasteiger partial charge on any atom is -0.449 e. The van der Waals surface area contributed by atoms with Gasteiger partial charge in [-0.25, -0.2) is 4.79 Å². The van der Waals surface area contributed by atoms with Gasteiger partial charge in [0.2, 0.25) is 0 Å². The van der Waals surface area contributed by atoms with Crippen molar-refractivity contribution in [3.63, 3.8) is 0 Å². The third kappa shape index (κ3) is 4.36. The third-order valence-corrected chi connectivity index (χ3v) is 3.81. The van der Waals surface area contributed by atoms with Crippen molar-refractivity contribution in [3.05, 3.63) is 41.5 Å². The molecule has 116 valence electrons. The first kappa shape index (κ1) is 16.1. The molecule has 4 heteroatoms. The van der Waals surface area contributed by atoms with Gasteiger partial charge in [0.15, 0.2) is 0 Å². The smallest absolute Gasteiger partial charge is 0.409 e. The van der Waals surface area contributed by atoms with Crippen LogP contribution in [-0.2, 0) is 4.74 Å². The van der Waals surface area contributed by atoms with Crippen LogP contribution < -0.4 is 0 Å². The Labute approximate surface area is 132 Å². The predicted octanol–water partition coefficient (Wildman–Crippen LogP) is 3.97. The molecule has 2 rings (SSSR count). The van der Waals surface area contributed by atoms with Gasteiger partial charge in [-0.3, -0.25) is 0 Å². The van der Waals surface area contributed by atoms with Gasteiger partial charge in [0.1, 0.15) is 0 Å². The van der Waals surface area contributed by atoms with Crippen LogP contribution in [0.4, 0.5) is 4.79 Å². The third-order valence-electron chi connectivity index (χ3n) is 3.81. The summed E-state index contributed by atoms with van der Waals surface area (Å²) < 4.78 is 5.28. The molecule has 1 heterocycles. The molecule has 22 heavy (non-hydrogen) atoms. The van der Waals surface area contributed by atoms with E-state index in [1.54, 1.807) is 4.90 Å². The molecule has 0 spiro atoms. The van der Waals surface area contributed by atoms with Gasteiger partial charge in [0, 0.05) is 13.1 Å². The molecule has 0 radical (unpaired) electrons. The minimum absolute atomic E-state index is 0.206. The van der Waals surface area contributed by atoms with E-state index in [-0.39, 0.29) is 6.09 Å². The molecule has 0 bridgehead atoms. The van der Waals surface area contributed by atoms with Gasteiger partial charge < -0.3 is 9.64 Å². The summed E-state index contributed by atoms with van der Waals surface area (Å²) in [7, 11) is 0. The molecule has 1 aromatic rings. The zero-order valence-electron chi connectivity index (χ0n) is 13.0. The first-order valence-corrected chi connectivity index (χ1v) is 7.86. The molecule has 0 aromatic heterocycles. The van der Waals surface area contributed by atoms with E-state index < -0.39 is 0 Å². The fourth-order valence-corrected chi connectivity index (χ4v) is 2.46. The van der Waals surface area contributed by atoms with E-state index in [2.05, 4.69) is 19.1 Å². The van der Waals surface area contributed by atoms with Crippen LogP contribution in [0, 0.1) is 11.3 Å². The van der Waals surface area contributed by atoms with Crippen LogP contribution in [0.3, 0.4) is 0 Å². The molecule has 1 amide bonds. The number of nitrogens with zero attached hydrogens (tertiary/aromatic N) is 2. The molecule has 1 aliphatic rings. The highest BCUT2D eigenvalue weighted by molar-refractivity contribution is 5.70. The predicted molar refractivity (Wildman–Crippen MR) is 86.2 cm³/mol. The largest absolute Gasteiger partial charge is 0.449 e. The molecule has 0 unspecified atom stereocenters. The number of hydrogen-bond donors (Lipinski definition) is 0. The van der Waals surface area contributed by atoms with Crippen LogP contribution in [0.15, 0.2) is 30.3 Å². The summed E-state index contributed by atoms with van der Waals surface area (Å²) in [5, 5.41) is 8.85. The number of amides is 1. The van der Waals surface area contributed by atoms with Crippen LogP contribution in [-0.4, -0.2) is 30.7 Å². The lowest BCUT2D eigenvalue weighted by molar-refractivity contribution is 0.103. The van der Waals surface area contributed by atoms with E-state index in [9.17, 15) is 4.79 Å². The number of unbranched alkanes of at least 4 members (excludes halogenated alkanes) is 1. The molecular formula is C18H22N2O2. The second-order valence-corrected chi connectivity index (χ2v) is 5.41. The first-order chi connectivity index (χ1) is 10.7. The van der Waals surface area contributed by atoms with Crippen LogP contribution in [0.5, 0.6) is 0 Å². The maximum atomic E-state index is 12.0. The number of ether oxygens (including phenoxy) is 1. The lowest BCUT2D eigenvalue weighted by atomic mass is 10.0. The Bertz CT molecular complexity index is 570. The standard InChI is InChI=1S/C18H22N2O2/c1-2-3-13-22-18(21)20-11-4-5-16(10-12-20)17-8-6-15(14-19)7-9-17/h5-9H,2-4,10-13H2,1H3. The summed E-state index contributed by atoms with van der Waals surface area (Å²) in [6.07, 6.45) is 5.56. The molecule has 0 atom stereocenters. The van der Waals surface area contributed by atoms with E-state index in [1.807, 2.05) is 24.3 Å². The molecule has 0 saturated heterocycles. The SMILES string of the molecule is CCCCOC(=O)N1CCC=C(c2ccc(C#N)cc2)CC1. The quantitative estimate of drug-likeness (QED) is 0.790. The number of benzene rings is 1. The van der Waals surface area contributed by atoms with Crippen molar-refractivity contribution in [2.24, 2.45) is 0 Å². The van der Waals surface area contributed by atoms with Crippen molar-refractivity contribution >= 4 is 11.7 Å². The minimum atomic E-state index is -0.206. The summed E-state index contributed by atoms with van der Waals surface area (Å²) in [5.41, 5.74) is 3.02. The normalized spacial score (nSPS) is 14.7. The summed E-state index contributed by atoms with van der Waals surface area (Å²) in [6, 6.07) is 9.73. The van der Waals surface area contributed by atoms with Gasteiger partial charge >= 0.3 is 6.09 Å².